The van der Waals surface area contributed by atoms with Gasteiger partial charge in [-0.3, -0.25) is 9.78 Å². The maximum absolute atomic E-state index is 12.2. The van der Waals surface area contributed by atoms with Gasteiger partial charge in [0.15, 0.2) is 0 Å². The predicted octanol–water partition coefficient (Wildman–Crippen LogP) is 2.99. The van der Waals surface area contributed by atoms with Crippen LogP contribution >= 0.6 is 11.3 Å². The number of aromatic nitrogens is 3. The third-order valence-corrected chi connectivity index (χ3v) is 5.03. The molecule has 2 aromatic carbocycles. The summed E-state index contributed by atoms with van der Waals surface area (Å²) in [5.74, 6) is 0.247. The number of nitrogens with one attached hydrogen (secondary N) is 1. The van der Waals surface area contributed by atoms with Crippen LogP contribution in [0.15, 0.2) is 63.1 Å². The van der Waals surface area contributed by atoms with Crippen LogP contribution in [-0.4, -0.2) is 32.5 Å². The summed E-state index contributed by atoms with van der Waals surface area (Å²) in [6, 6.07) is 14.0. The molecule has 29 heavy (non-hydrogen) atoms. The second-order valence-corrected chi connectivity index (χ2v) is 6.99. The minimum Gasteiger partial charge on any atom is -0.494 e. The molecule has 0 unspecified atom stereocenters. The number of nitrogens with zero attached hydrogens (tertiary/aromatic N) is 3. The molecule has 0 bridgehead atoms. The number of aromatic amines is 1. The lowest BCUT2D eigenvalue weighted by Gasteiger charge is -2.08. The van der Waals surface area contributed by atoms with Gasteiger partial charge in [-0.15, -0.1) is 0 Å². The maximum Gasteiger partial charge on any atom is 0.335 e. The number of rotatable bonds is 5. The first-order chi connectivity index (χ1) is 14.1. The number of aromatic hydroxyl groups is 1. The maximum atomic E-state index is 12.2. The third-order valence-electron chi connectivity index (χ3n) is 4.10. The average molecular weight is 408 g/mol. The second-order valence-electron chi connectivity index (χ2n) is 5.98. The molecule has 4 rings (SSSR count). The van der Waals surface area contributed by atoms with E-state index in [0.29, 0.717) is 17.4 Å². The molecular weight excluding hydrogens is 392 g/mol. The Morgan fingerprint density at radius 3 is 2.79 bits per heavy atom. The molecule has 0 fully saturated rings. The van der Waals surface area contributed by atoms with Crippen molar-refractivity contribution in [1.82, 2.24) is 14.5 Å². The molecule has 2 aromatic heterocycles. The molecular formula is C20H16N4O4S. The van der Waals surface area contributed by atoms with Gasteiger partial charge in [-0.1, -0.05) is 29.5 Å². The van der Waals surface area contributed by atoms with Crippen LogP contribution in [0.25, 0.3) is 15.9 Å². The van der Waals surface area contributed by atoms with Gasteiger partial charge >= 0.3 is 5.69 Å². The molecule has 0 amide bonds. The van der Waals surface area contributed by atoms with E-state index in [0.717, 1.165) is 20.5 Å². The first-order valence-corrected chi connectivity index (χ1v) is 9.59. The Hall–Kier alpha value is -3.72. The predicted molar refractivity (Wildman–Crippen MR) is 112 cm³/mol. The molecule has 0 saturated heterocycles. The molecule has 9 heteroatoms. The lowest BCUT2D eigenvalue weighted by molar-refractivity contribution is 0.341. The van der Waals surface area contributed by atoms with Crippen LogP contribution in [0.5, 0.6) is 11.6 Å². The molecule has 146 valence electrons. The van der Waals surface area contributed by atoms with E-state index in [1.54, 1.807) is 30.3 Å². The molecule has 8 nitrogen and oxygen atoms in total. The molecule has 0 aliphatic carbocycles. The highest BCUT2D eigenvalue weighted by atomic mass is 32.1. The third kappa shape index (κ3) is 3.67. The lowest BCUT2D eigenvalue weighted by atomic mass is 10.3. The first-order valence-electron chi connectivity index (χ1n) is 8.78. The van der Waals surface area contributed by atoms with Crippen molar-refractivity contribution < 1.29 is 9.84 Å². The van der Waals surface area contributed by atoms with Crippen LogP contribution in [-0.2, 0) is 0 Å². The summed E-state index contributed by atoms with van der Waals surface area (Å²) in [7, 11) is 0. The van der Waals surface area contributed by atoms with Crippen molar-refractivity contribution in [3.05, 3.63) is 74.9 Å². The number of H-pyrrole nitrogens is 1. The van der Waals surface area contributed by atoms with Gasteiger partial charge in [-0.2, -0.15) is 0 Å². The summed E-state index contributed by atoms with van der Waals surface area (Å²) in [4.78, 5) is 35.2. The fourth-order valence-corrected chi connectivity index (χ4v) is 3.64. The zero-order chi connectivity index (χ0) is 20.4. The number of benzene rings is 2. The van der Waals surface area contributed by atoms with Crippen LogP contribution < -0.4 is 16.0 Å². The highest BCUT2D eigenvalue weighted by Gasteiger charge is 2.14. The molecule has 0 aliphatic heterocycles. The minimum absolute atomic E-state index is 0.136. The minimum atomic E-state index is -0.737. The van der Waals surface area contributed by atoms with Gasteiger partial charge < -0.3 is 9.84 Å². The fraction of sp³-hybridized carbons (Fsp3) is 0.100. The number of aliphatic imine (C=N–C) groups is 1. The van der Waals surface area contributed by atoms with Crippen LogP contribution in [0.3, 0.4) is 0 Å². The smallest absolute Gasteiger partial charge is 0.335 e. The zero-order valence-electron chi connectivity index (χ0n) is 15.3. The van der Waals surface area contributed by atoms with Gasteiger partial charge in [0, 0.05) is 6.21 Å². The molecule has 0 radical (unpaired) electrons. The van der Waals surface area contributed by atoms with E-state index >= 15 is 0 Å². The molecule has 4 aromatic rings. The Bertz CT molecular complexity index is 1320. The van der Waals surface area contributed by atoms with Crippen molar-refractivity contribution in [2.75, 3.05) is 6.61 Å². The Labute approximate surface area is 168 Å². The average Bonchev–Trinajstić information content (AvgIpc) is 3.11. The standard InChI is InChI=1S/C20H16N4O4S/c1-2-28-13-8-9-15-16(10-13)29-19(22-15)21-11-14-17(25)23-20(27)24(18(14)26)12-6-4-3-5-7-12/h3-11,26H,2H2,1H3,(H,23,25,27)/b21-11+. The summed E-state index contributed by atoms with van der Waals surface area (Å²) in [5, 5.41) is 10.9. The van der Waals surface area contributed by atoms with Crippen molar-refractivity contribution in [3.8, 4) is 17.3 Å². The molecule has 0 atom stereocenters. The van der Waals surface area contributed by atoms with E-state index < -0.39 is 17.1 Å². The number of para-hydroxylation sites is 1. The van der Waals surface area contributed by atoms with Gasteiger partial charge in [-0.05, 0) is 37.3 Å². The molecule has 0 spiro atoms. The summed E-state index contributed by atoms with van der Waals surface area (Å²) < 4.78 is 7.37. The van der Waals surface area contributed by atoms with Gasteiger partial charge in [0.25, 0.3) is 5.56 Å². The topological polar surface area (TPSA) is 110 Å². The number of hydrogen-bond acceptors (Lipinski definition) is 7. The summed E-state index contributed by atoms with van der Waals surface area (Å²) in [6.45, 7) is 2.47. The fourth-order valence-electron chi connectivity index (χ4n) is 2.80. The number of ether oxygens (including phenoxy) is 1. The van der Waals surface area contributed by atoms with Crippen molar-refractivity contribution in [2.24, 2.45) is 4.99 Å². The van der Waals surface area contributed by atoms with Crippen LogP contribution in [0.2, 0.25) is 0 Å². The van der Waals surface area contributed by atoms with Crippen molar-refractivity contribution in [2.45, 2.75) is 6.92 Å². The SMILES string of the molecule is CCOc1ccc2nc(/N=C/c3c(O)n(-c4ccccc4)c(=O)[nH]c3=O)sc2c1. The lowest BCUT2D eigenvalue weighted by Crippen LogP contribution is -2.31. The monoisotopic (exact) mass is 408 g/mol. The van der Waals surface area contributed by atoms with Gasteiger partial charge in [0.05, 0.1) is 22.5 Å². The number of hydrogen-bond donors (Lipinski definition) is 2. The van der Waals surface area contributed by atoms with Crippen LogP contribution in [0.1, 0.15) is 12.5 Å². The van der Waals surface area contributed by atoms with Gasteiger partial charge in [-0.25, -0.2) is 19.3 Å². The summed E-state index contributed by atoms with van der Waals surface area (Å²) in [6.07, 6.45) is 1.20. The highest BCUT2D eigenvalue weighted by Crippen LogP contribution is 2.31. The Morgan fingerprint density at radius 2 is 2.03 bits per heavy atom. The van der Waals surface area contributed by atoms with E-state index in [1.807, 2.05) is 25.1 Å². The Balaban J connectivity index is 1.74. The molecule has 2 N–H and O–H groups in total. The van der Waals surface area contributed by atoms with Crippen molar-refractivity contribution in [1.29, 1.82) is 0 Å². The largest absolute Gasteiger partial charge is 0.494 e. The van der Waals surface area contributed by atoms with Crippen molar-refractivity contribution in [3.63, 3.8) is 0 Å². The van der Waals surface area contributed by atoms with E-state index in [2.05, 4.69) is 15.0 Å². The van der Waals surface area contributed by atoms with Crippen LogP contribution in [0.4, 0.5) is 5.13 Å². The molecule has 0 saturated carbocycles. The highest BCUT2D eigenvalue weighted by molar-refractivity contribution is 7.22. The van der Waals surface area contributed by atoms with E-state index in [4.69, 9.17) is 4.74 Å². The Morgan fingerprint density at radius 1 is 1.24 bits per heavy atom. The molecule has 0 aliphatic rings. The van der Waals surface area contributed by atoms with Crippen molar-refractivity contribution >= 4 is 32.9 Å². The van der Waals surface area contributed by atoms with Crippen LogP contribution in [0, 0.1) is 0 Å². The normalized spacial score (nSPS) is 11.3. The summed E-state index contributed by atoms with van der Waals surface area (Å²) in [5.41, 5.74) is -0.437. The first kappa shape index (κ1) is 18.6. The second kappa shape index (κ2) is 7.72. The quantitative estimate of drug-likeness (QED) is 0.494. The Kier molecular flexibility index (Phi) is 4.96. The van der Waals surface area contributed by atoms with E-state index in [1.165, 1.54) is 17.6 Å². The van der Waals surface area contributed by atoms with E-state index in [9.17, 15) is 14.7 Å². The number of thiazole rings is 1. The van der Waals surface area contributed by atoms with Gasteiger partial charge in [0.1, 0.15) is 11.3 Å². The van der Waals surface area contributed by atoms with E-state index in [-0.39, 0.29) is 5.56 Å². The zero-order valence-corrected chi connectivity index (χ0v) is 16.1. The summed E-state index contributed by atoms with van der Waals surface area (Å²) >= 11 is 1.32. The molecule has 2 heterocycles. The number of fused-ring (bicyclic) bond motifs is 1. The van der Waals surface area contributed by atoms with Gasteiger partial charge in [0.2, 0.25) is 11.0 Å².